The minimum atomic E-state index is 0.376. The van der Waals surface area contributed by atoms with Gasteiger partial charge in [0.15, 0.2) is 0 Å². The number of benzene rings is 2. The van der Waals surface area contributed by atoms with Gasteiger partial charge in [0.25, 0.3) is 0 Å². The lowest BCUT2D eigenvalue weighted by Crippen LogP contribution is -2.10. The average Bonchev–Trinajstić information content (AvgIpc) is 3.03. The Morgan fingerprint density at radius 3 is 2.83 bits per heavy atom. The van der Waals surface area contributed by atoms with Gasteiger partial charge in [-0.25, -0.2) is 0 Å². The molecule has 2 aromatic carbocycles. The summed E-state index contributed by atoms with van der Waals surface area (Å²) in [5, 5.41) is 9.14. The summed E-state index contributed by atoms with van der Waals surface area (Å²) in [5.74, 6) is 1.81. The molecule has 0 bridgehead atoms. The maximum Gasteiger partial charge on any atom is 0.330 e. The molecule has 0 saturated heterocycles. The topological polar surface area (TPSA) is 60.7 Å². The molecule has 0 spiro atoms. The highest BCUT2D eigenvalue weighted by molar-refractivity contribution is 6.48. The number of rotatable bonds is 6. The first-order chi connectivity index (χ1) is 11.3. The van der Waals surface area contributed by atoms with Gasteiger partial charge in [-0.2, -0.15) is 5.26 Å². The quantitative estimate of drug-likeness (QED) is 0.604. The van der Waals surface area contributed by atoms with E-state index in [0.717, 1.165) is 16.8 Å². The first-order valence-corrected chi connectivity index (χ1v) is 7.21. The van der Waals surface area contributed by atoms with E-state index in [4.69, 9.17) is 24.1 Å². The number of methoxy groups -OCH3 is 1. The van der Waals surface area contributed by atoms with Crippen LogP contribution in [0.4, 0.5) is 0 Å². The second-order valence-electron chi connectivity index (χ2n) is 5.00. The van der Waals surface area contributed by atoms with Crippen molar-refractivity contribution in [2.24, 2.45) is 0 Å². The molecule has 0 fully saturated rings. The molecule has 0 atom stereocenters. The van der Waals surface area contributed by atoms with E-state index < -0.39 is 0 Å². The molecular weight excluding hydrogens is 293 g/mol. The third-order valence-corrected chi connectivity index (χ3v) is 3.42. The summed E-state index contributed by atoms with van der Waals surface area (Å²) in [5.41, 5.74) is 2.62. The first kappa shape index (κ1) is 15.4. The number of nitrogens with zero attached hydrogens (tertiary/aromatic N) is 1. The molecule has 0 aliphatic carbocycles. The highest BCUT2D eigenvalue weighted by Crippen LogP contribution is 2.28. The fourth-order valence-electron chi connectivity index (χ4n) is 2.26. The summed E-state index contributed by atoms with van der Waals surface area (Å²) in [7, 11) is 3.34. The van der Waals surface area contributed by atoms with Crippen molar-refractivity contribution in [1.29, 1.82) is 5.26 Å². The van der Waals surface area contributed by atoms with Crippen molar-refractivity contribution in [2.75, 3.05) is 20.3 Å². The Balaban J connectivity index is 1.77. The lowest BCUT2D eigenvalue weighted by Gasteiger charge is -2.11. The number of ether oxygens (including phenoxy) is 3. The van der Waals surface area contributed by atoms with E-state index in [0.29, 0.717) is 36.9 Å². The van der Waals surface area contributed by atoms with E-state index in [1.54, 1.807) is 32.8 Å². The molecule has 1 radical (unpaired) electrons. The molecule has 115 valence electrons. The third kappa shape index (κ3) is 3.65. The molecule has 0 N–H and O–H groups in total. The van der Waals surface area contributed by atoms with Crippen molar-refractivity contribution in [3.63, 3.8) is 0 Å². The van der Waals surface area contributed by atoms with Crippen molar-refractivity contribution in [3.05, 3.63) is 47.5 Å². The van der Waals surface area contributed by atoms with E-state index in [1.807, 2.05) is 18.2 Å². The fourth-order valence-corrected chi connectivity index (χ4v) is 2.26. The Hall–Kier alpha value is -2.49. The summed E-state index contributed by atoms with van der Waals surface area (Å²) in [6.45, 7) is 1.39. The van der Waals surface area contributed by atoms with Gasteiger partial charge in [0, 0.05) is 13.2 Å². The molecule has 2 aromatic rings. The van der Waals surface area contributed by atoms with Crippen LogP contribution in [-0.2, 0) is 16.0 Å². The van der Waals surface area contributed by atoms with Crippen LogP contribution in [-0.4, -0.2) is 27.8 Å². The fraction of sp³-hybridized carbons (Fsp3) is 0.235. The zero-order valence-corrected chi connectivity index (χ0v) is 12.7. The van der Waals surface area contributed by atoms with Gasteiger partial charge < -0.3 is 18.9 Å². The molecule has 0 amide bonds. The van der Waals surface area contributed by atoms with Crippen molar-refractivity contribution < 1.29 is 18.9 Å². The van der Waals surface area contributed by atoms with Crippen LogP contribution in [0.1, 0.15) is 11.1 Å². The Bertz CT molecular complexity index is 742. The van der Waals surface area contributed by atoms with Gasteiger partial charge >= 0.3 is 7.48 Å². The minimum Gasteiger partial charge on any atom is -0.490 e. The average molecular weight is 308 g/mol. The van der Waals surface area contributed by atoms with Crippen LogP contribution in [0, 0.1) is 11.3 Å². The van der Waals surface area contributed by atoms with Crippen molar-refractivity contribution >= 4 is 12.9 Å². The molecule has 3 rings (SSSR count). The Morgan fingerprint density at radius 1 is 1.17 bits per heavy atom. The molecule has 0 saturated carbocycles. The molecule has 1 heterocycles. The van der Waals surface area contributed by atoms with E-state index in [1.165, 1.54) is 0 Å². The highest BCUT2D eigenvalue weighted by Gasteiger charge is 2.14. The minimum absolute atomic E-state index is 0.376. The number of hydrogen-bond donors (Lipinski definition) is 0. The summed E-state index contributed by atoms with van der Waals surface area (Å²) in [6.07, 6.45) is 0. The number of nitriles is 1. The second kappa shape index (κ2) is 7.18. The SMILES string of the molecule is COCCOc1cc(Oc2ccc3c(c2)CO[B]3)ccc1C#N. The largest absolute Gasteiger partial charge is 0.490 e. The Kier molecular flexibility index (Phi) is 4.81. The monoisotopic (exact) mass is 308 g/mol. The predicted molar refractivity (Wildman–Crippen MR) is 85.2 cm³/mol. The van der Waals surface area contributed by atoms with Crippen LogP contribution in [0.3, 0.4) is 0 Å². The van der Waals surface area contributed by atoms with Crippen LogP contribution < -0.4 is 14.9 Å². The molecular formula is C17H15BNO4. The molecule has 0 aromatic heterocycles. The van der Waals surface area contributed by atoms with Gasteiger partial charge in [0.1, 0.15) is 29.9 Å². The van der Waals surface area contributed by atoms with Gasteiger partial charge in [-0.3, -0.25) is 0 Å². The first-order valence-electron chi connectivity index (χ1n) is 7.21. The predicted octanol–water partition coefficient (Wildman–Crippen LogP) is 2.15. The summed E-state index contributed by atoms with van der Waals surface area (Å²) >= 11 is 0. The zero-order valence-electron chi connectivity index (χ0n) is 12.7. The van der Waals surface area contributed by atoms with Crippen molar-refractivity contribution in [2.45, 2.75) is 6.61 Å². The summed E-state index contributed by atoms with van der Waals surface area (Å²) < 4.78 is 21.7. The van der Waals surface area contributed by atoms with Crippen LogP contribution in [0.15, 0.2) is 36.4 Å². The Labute approximate surface area is 135 Å². The maximum absolute atomic E-state index is 9.14. The van der Waals surface area contributed by atoms with E-state index in [-0.39, 0.29) is 0 Å². The van der Waals surface area contributed by atoms with Crippen molar-refractivity contribution in [1.82, 2.24) is 0 Å². The maximum atomic E-state index is 9.14. The van der Waals surface area contributed by atoms with Crippen LogP contribution in [0.5, 0.6) is 17.2 Å². The molecule has 5 nitrogen and oxygen atoms in total. The Morgan fingerprint density at radius 2 is 2.00 bits per heavy atom. The number of hydrogen-bond acceptors (Lipinski definition) is 5. The van der Waals surface area contributed by atoms with E-state index >= 15 is 0 Å². The lowest BCUT2D eigenvalue weighted by molar-refractivity contribution is 0.146. The molecule has 6 heteroatoms. The van der Waals surface area contributed by atoms with Gasteiger partial charge in [0.2, 0.25) is 0 Å². The van der Waals surface area contributed by atoms with Crippen molar-refractivity contribution in [3.8, 4) is 23.3 Å². The van der Waals surface area contributed by atoms with Crippen LogP contribution >= 0.6 is 0 Å². The molecule has 0 unspecified atom stereocenters. The molecule has 1 aliphatic rings. The van der Waals surface area contributed by atoms with Gasteiger partial charge in [-0.15, -0.1) is 0 Å². The summed E-state index contributed by atoms with van der Waals surface area (Å²) in [4.78, 5) is 0. The standard InChI is InChI=1S/C17H15BNO4/c1-20-6-7-21-17-9-15(3-2-12(17)10-19)23-14-4-5-16-13(8-14)11-22-18-16/h2-5,8-9H,6-7,11H2,1H3. The number of fused-ring (bicyclic) bond motifs is 1. The van der Waals surface area contributed by atoms with Crippen LogP contribution in [0.2, 0.25) is 0 Å². The van der Waals surface area contributed by atoms with E-state index in [9.17, 15) is 0 Å². The van der Waals surface area contributed by atoms with Gasteiger partial charge in [-0.1, -0.05) is 6.07 Å². The van der Waals surface area contributed by atoms with E-state index in [2.05, 4.69) is 6.07 Å². The van der Waals surface area contributed by atoms with Crippen LogP contribution in [0.25, 0.3) is 0 Å². The van der Waals surface area contributed by atoms with Gasteiger partial charge in [-0.05, 0) is 35.3 Å². The smallest absolute Gasteiger partial charge is 0.330 e. The second-order valence-corrected chi connectivity index (χ2v) is 5.00. The lowest BCUT2D eigenvalue weighted by atomic mass is 9.87. The third-order valence-electron chi connectivity index (χ3n) is 3.42. The van der Waals surface area contributed by atoms with Gasteiger partial charge in [0.05, 0.1) is 18.8 Å². The highest BCUT2D eigenvalue weighted by atomic mass is 16.5. The molecule has 1 aliphatic heterocycles. The summed E-state index contributed by atoms with van der Waals surface area (Å²) in [6, 6.07) is 13.0. The normalized spacial score (nSPS) is 12.2. The zero-order chi connectivity index (χ0) is 16.1. The molecule has 23 heavy (non-hydrogen) atoms.